The number of esters is 1. The third kappa shape index (κ3) is 5.70. The number of ether oxygens (including phenoxy) is 1. The zero-order valence-electron chi connectivity index (χ0n) is 14.5. The van der Waals surface area contributed by atoms with Crippen molar-refractivity contribution in [1.82, 2.24) is 4.90 Å². The monoisotopic (exact) mass is 365 g/mol. The largest absolute Gasteiger partial charge is 0.452 e. The molecule has 1 atom stereocenters. The summed E-state index contributed by atoms with van der Waals surface area (Å²) in [5, 5.41) is 0. The number of carbonyl (C=O) groups excluding carboxylic acids is 2. The van der Waals surface area contributed by atoms with Crippen LogP contribution in [0.5, 0.6) is 0 Å². The molecule has 1 aliphatic heterocycles. The van der Waals surface area contributed by atoms with Crippen molar-refractivity contribution in [3.05, 3.63) is 41.5 Å². The van der Waals surface area contributed by atoms with Crippen LogP contribution in [0.15, 0.2) is 30.3 Å². The first-order valence-electron chi connectivity index (χ1n) is 8.22. The van der Waals surface area contributed by atoms with Crippen molar-refractivity contribution >= 4 is 27.8 Å². The summed E-state index contributed by atoms with van der Waals surface area (Å²) >= 11 is 0. The van der Waals surface area contributed by atoms with Gasteiger partial charge in [-0.2, -0.15) is 0 Å². The number of carbonyl (C=O) groups is 2. The van der Waals surface area contributed by atoms with Crippen LogP contribution in [0, 0.1) is 6.92 Å². The van der Waals surface area contributed by atoms with E-state index in [4.69, 9.17) is 4.74 Å². The molecule has 0 N–H and O–H groups in total. The summed E-state index contributed by atoms with van der Waals surface area (Å²) in [6, 6.07) is 7.30. The minimum atomic E-state index is -3.07. The standard InChI is InChI=1S/C18H23NO5S/c1-3-19(16-9-10-25(22,23)13-16)17(20)12-24-18(21)8-7-15-6-4-5-14(2)11-15/h4-8,11,16H,3,9-10,12-13H2,1-2H3/b8-7+/t16-/m0/s1. The van der Waals surface area contributed by atoms with E-state index in [0.717, 1.165) is 11.1 Å². The second-order valence-electron chi connectivity index (χ2n) is 6.09. The van der Waals surface area contributed by atoms with E-state index in [0.29, 0.717) is 13.0 Å². The highest BCUT2D eigenvalue weighted by Gasteiger charge is 2.34. The lowest BCUT2D eigenvalue weighted by Gasteiger charge is -2.26. The molecule has 1 heterocycles. The first-order chi connectivity index (χ1) is 11.8. The molecular formula is C18H23NO5S. The molecule has 0 spiro atoms. The number of hydrogen-bond donors (Lipinski definition) is 0. The molecule has 1 amide bonds. The Balaban J connectivity index is 1.86. The second-order valence-corrected chi connectivity index (χ2v) is 8.32. The van der Waals surface area contributed by atoms with E-state index < -0.39 is 15.8 Å². The Morgan fingerprint density at radius 1 is 1.36 bits per heavy atom. The lowest BCUT2D eigenvalue weighted by atomic mass is 10.1. The predicted molar refractivity (Wildman–Crippen MR) is 95.6 cm³/mol. The summed E-state index contributed by atoms with van der Waals surface area (Å²) < 4.78 is 28.1. The fraction of sp³-hybridized carbons (Fsp3) is 0.444. The Bertz CT molecular complexity index is 769. The predicted octanol–water partition coefficient (Wildman–Crippen LogP) is 1.59. The normalized spacial score (nSPS) is 19.0. The maximum absolute atomic E-state index is 12.2. The van der Waals surface area contributed by atoms with Gasteiger partial charge in [0.15, 0.2) is 16.4 Å². The second kappa shape index (κ2) is 8.29. The number of rotatable bonds is 6. The van der Waals surface area contributed by atoms with Crippen LogP contribution in [0.3, 0.4) is 0 Å². The Morgan fingerprint density at radius 3 is 2.72 bits per heavy atom. The first kappa shape index (κ1) is 19.2. The van der Waals surface area contributed by atoms with Crippen molar-refractivity contribution in [2.45, 2.75) is 26.3 Å². The Hall–Kier alpha value is -2.15. The molecule has 25 heavy (non-hydrogen) atoms. The van der Waals surface area contributed by atoms with Crippen molar-refractivity contribution in [1.29, 1.82) is 0 Å². The van der Waals surface area contributed by atoms with Crippen LogP contribution in [0.25, 0.3) is 6.08 Å². The molecule has 1 aliphatic rings. The van der Waals surface area contributed by atoms with Gasteiger partial charge in [-0.3, -0.25) is 4.79 Å². The van der Waals surface area contributed by atoms with Crippen LogP contribution >= 0.6 is 0 Å². The molecule has 136 valence electrons. The van der Waals surface area contributed by atoms with E-state index in [2.05, 4.69) is 0 Å². The summed E-state index contributed by atoms with van der Waals surface area (Å²) in [7, 11) is -3.07. The van der Waals surface area contributed by atoms with E-state index in [1.165, 1.54) is 11.0 Å². The van der Waals surface area contributed by atoms with E-state index in [-0.39, 0.29) is 30.1 Å². The lowest BCUT2D eigenvalue weighted by Crippen LogP contribution is -2.43. The van der Waals surface area contributed by atoms with Crippen molar-refractivity contribution in [3.8, 4) is 0 Å². The molecule has 1 aromatic carbocycles. The molecule has 6 nitrogen and oxygen atoms in total. The zero-order chi connectivity index (χ0) is 18.4. The third-order valence-electron chi connectivity index (χ3n) is 4.10. The SMILES string of the molecule is CCN(C(=O)COC(=O)/C=C/c1cccc(C)c1)[C@H]1CCS(=O)(=O)C1. The molecule has 0 saturated carbocycles. The highest BCUT2D eigenvalue weighted by molar-refractivity contribution is 7.91. The Labute approximate surface area is 148 Å². The summed E-state index contributed by atoms with van der Waals surface area (Å²) in [6.45, 7) is 3.73. The summed E-state index contributed by atoms with van der Waals surface area (Å²) in [5.41, 5.74) is 1.95. The van der Waals surface area contributed by atoms with Crippen molar-refractivity contribution in [2.75, 3.05) is 24.7 Å². The molecule has 2 rings (SSSR count). The van der Waals surface area contributed by atoms with Gasteiger partial charge in [-0.1, -0.05) is 29.8 Å². The van der Waals surface area contributed by atoms with Gasteiger partial charge in [0.1, 0.15) is 0 Å². The van der Waals surface area contributed by atoms with Gasteiger partial charge in [-0.05, 0) is 31.9 Å². The highest BCUT2D eigenvalue weighted by Crippen LogP contribution is 2.17. The lowest BCUT2D eigenvalue weighted by molar-refractivity contribution is -0.149. The fourth-order valence-electron chi connectivity index (χ4n) is 2.86. The highest BCUT2D eigenvalue weighted by atomic mass is 32.2. The smallest absolute Gasteiger partial charge is 0.331 e. The minimum absolute atomic E-state index is 0.0201. The zero-order valence-corrected chi connectivity index (χ0v) is 15.3. The van der Waals surface area contributed by atoms with Crippen LogP contribution in [0.4, 0.5) is 0 Å². The number of nitrogens with zero attached hydrogens (tertiary/aromatic N) is 1. The van der Waals surface area contributed by atoms with Gasteiger partial charge < -0.3 is 9.64 Å². The van der Waals surface area contributed by atoms with Crippen LogP contribution in [-0.2, 0) is 24.2 Å². The first-order valence-corrected chi connectivity index (χ1v) is 10.0. The molecule has 0 radical (unpaired) electrons. The maximum Gasteiger partial charge on any atom is 0.331 e. The van der Waals surface area contributed by atoms with Crippen molar-refractivity contribution in [3.63, 3.8) is 0 Å². The van der Waals surface area contributed by atoms with E-state index in [1.807, 2.05) is 31.2 Å². The molecular weight excluding hydrogens is 342 g/mol. The summed E-state index contributed by atoms with van der Waals surface area (Å²) in [6.07, 6.45) is 3.34. The fourth-order valence-corrected chi connectivity index (χ4v) is 4.59. The number of benzene rings is 1. The van der Waals surface area contributed by atoms with Gasteiger partial charge in [0.25, 0.3) is 5.91 Å². The third-order valence-corrected chi connectivity index (χ3v) is 5.85. The molecule has 7 heteroatoms. The quantitative estimate of drug-likeness (QED) is 0.565. The maximum atomic E-state index is 12.2. The van der Waals surface area contributed by atoms with Gasteiger partial charge in [-0.25, -0.2) is 13.2 Å². The summed E-state index contributed by atoms with van der Waals surface area (Å²) in [5.74, 6) is -0.902. The number of likely N-dealkylation sites (N-methyl/N-ethyl adjacent to an activating group) is 1. The molecule has 0 bridgehead atoms. The molecule has 0 aromatic heterocycles. The minimum Gasteiger partial charge on any atom is -0.452 e. The van der Waals surface area contributed by atoms with Gasteiger partial charge >= 0.3 is 5.97 Å². The van der Waals surface area contributed by atoms with Crippen LogP contribution < -0.4 is 0 Å². The van der Waals surface area contributed by atoms with E-state index >= 15 is 0 Å². The van der Waals surface area contributed by atoms with E-state index in [9.17, 15) is 18.0 Å². The van der Waals surface area contributed by atoms with Crippen LogP contribution in [0.1, 0.15) is 24.5 Å². The summed E-state index contributed by atoms with van der Waals surface area (Å²) in [4.78, 5) is 25.5. The van der Waals surface area contributed by atoms with Crippen LogP contribution in [0.2, 0.25) is 0 Å². The topological polar surface area (TPSA) is 80.8 Å². The number of amides is 1. The number of aryl methyl sites for hydroxylation is 1. The van der Waals surface area contributed by atoms with Gasteiger partial charge in [0.05, 0.1) is 11.5 Å². The van der Waals surface area contributed by atoms with Gasteiger partial charge in [0, 0.05) is 18.7 Å². The molecule has 0 aliphatic carbocycles. The van der Waals surface area contributed by atoms with E-state index in [1.54, 1.807) is 13.0 Å². The van der Waals surface area contributed by atoms with Crippen molar-refractivity contribution in [2.24, 2.45) is 0 Å². The average molecular weight is 365 g/mol. The Morgan fingerprint density at radius 2 is 2.12 bits per heavy atom. The molecule has 1 aromatic rings. The van der Waals surface area contributed by atoms with Gasteiger partial charge in [-0.15, -0.1) is 0 Å². The van der Waals surface area contributed by atoms with Crippen molar-refractivity contribution < 1.29 is 22.7 Å². The number of hydrogen-bond acceptors (Lipinski definition) is 5. The molecule has 0 unspecified atom stereocenters. The Kier molecular flexibility index (Phi) is 6.36. The molecule has 1 saturated heterocycles. The molecule has 1 fully saturated rings. The van der Waals surface area contributed by atoms with Gasteiger partial charge in [0.2, 0.25) is 0 Å². The average Bonchev–Trinajstić information content (AvgIpc) is 2.91. The van der Waals surface area contributed by atoms with Crippen LogP contribution in [-0.4, -0.2) is 55.9 Å². The number of sulfone groups is 1.